The average Bonchev–Trinajstić information content (AvgIpc) is 2.83. The van der Waals surface area contributed by atoms with E-state index in [4.69, 9.17) is 0 Å². The number of carboxylic acids is 1. The van der Waals surface area contributed by atoms with E-state index in [0.29, 0.717) is 12.8 Å². The van der Waals surface area contributed by atoms with Crippen molar-refractivity contribution < 1.29 is 29.3 Å². The second-order valence-electron chi connectivity index (χ2n) is 7.35. The Bertz CT molecular complexity index is 810. The number of hydrogen-bond donors (Lipinski definition) is 3. The molecule has 1 fully saturated rings. The summed E-state index contributed by atoms with van der Waals surface area (Å²) in [7, 11) is -3.77. The first kappa shape index (κ1) is 21.4. The van der Waals surface area contributed by atoms with Crippen molar-refractivity contribution >= 4 is 25.5 Å². The van der Waals surface area contributed by atoms with Crippen molar-refractivity contribution in [3.63, 3.8) is 0 Å². The summed E-state index contributed by atoms with van der Waals surface area (Å²) >= 11 is 0. The monoisotopic (exact) mass is 421 g/mol. The normalized spacial score (nSPS) is 20.2. The number of fused-ring (bicyclic) bond motifs is 1. The largest absolute Gasteiger partial charge is 0.480 e. The van der Waals surface area contributed by atoms with E-state index in [-0.39, 0.29) is 30.9 Å². The minimum absolute atomic E-state index is 0.0250. The first-order chi connectivity index (χ1) is 13.8. The Balaban J connectivity index is 1.71. The van der Waals surface area contributed by atoms with Crippen molar-refractivity contribution in [3.05, 3.63) is 47.3 Å². The van der Waals surface area contributed by atoms with E-state index in [9.17, 15) is 29.3 Å². The van der Waals surface area contributed by atoms with Gasteiger partial charge in [-0.15, -0.1) is 0 Å². The van der Waals surface area contributed by atoms with Crippen LogP contribution in [0.3, 0.4) is 0 Å². The molecule has 3 N–H and O–H groups in total. The quantitative estimate of drug-likeness (QED) is 0.458. The molecular formula is C20H26N2O6P+. The summed E-state index contributed by atoms with van der Waals surface area (Å²) in [4.78, 5) is 58.5. The lowest BCUT2D eigenvalue weighted by Crippen LogP contribution is -2.59. The number of carbonyl (C=O) groups excluding carboxylic acids is 2. The first-order valence-electron chi connectivity index (χ1n) is 9.76. The molecule has 29 heavy (non-hydrogen) atoms. The van der Waals surface area contributed by atoms with Gasteiger partial charge in [0.05, 0.1) is 6.42 Å². The van der Waals surface area contributed by atoms with Gasteiger partial charge in [-0.3, -0.25) is 14.6 Å². The summed E-state index contributed by atoms with van der Waals surface area (Å²) in [5, 5.41) is 11.3. The number of rotatable bonds is 7. The van der Waals surface area contributed by atoms with Gasteiger partial charge >= 0.3 is 19.6 Å². The molecule has 3 rings (SSSR count). The molecule has 1 aromatic carbocycles. The highest BCUT2D eigenvalue weighted by Crippen LogP contribution is 2.60. The van der Waals surface area contributed by atoms with E-state index in [1.807, 2.05) is 30.3 Å². The lowest BCUT2D eigenvalue weighted by Gasteiger charge is -2.41. The van der Waals surface area contributed by atoms with Gasteiger partial charge in [0.25, 0.3) is 0 Å². The van der Waals surface area contributed by atoms with E-state index in [1.165, 1.54) is 6.08 Å². The number of nitrogens with zero attached hydrogens (tertiary/aromatic N) is 2. The Kier molecular flexibility index (Phi) is 6.67. The van der Waals surface area contributed by atoms with E-state index in [1.54, 1.807) is 0 Å². The average molecular weight is 421 g/mol. The predicted octanol–water partition coefficient (Wildman–Crippen LogP) is 1.95. The Morgan fingerprint density at radius 1 is 1.14 bits per heavy atom. The number of carbonyl (C=O) groups is 3. The summed E-state index contributed by atoms with van der Waals surface area (Å²) in [5.41, 5.74) is 1.15. The molecule has 0 spiro atoms. The predicted molar refractivity (Wildman–Crippen MR) is 108 cm³/mol. The van der Waals surface area contributed by atoms with Gasteiger partial charge in [-0.2, -0.15) is 0 Å². The second kappa shape index (κ2) is 9.03. The van der Waals surface area contributed by atoms with Crippen molar-refractivity contribution in [2.24, 2.45) is 0 Å². The highest BCUT2D eigenvalue weighted by atomic mass is 31.2. The molecule has 2 heterocycles. The summed E-state index contributed by atoms with van der Waals surface area (Å²) < 4.78 is 0. The molecule has 0 aliphatic carbocycles. The number of carboxylic acid groups (broad SMARTS) is 1. The standard InChI is InChI=1S/C20H25N2O6P/c23-18-12-11-17(19(24)22-16(20(25)26)10-6-13-21(18)22)29(27,28)14-5-4-9-15-7-2-1-3-8-15/h1-3,7-8,11,16,27-28H,4-6,9-10,12-14H2/p+1/t16-/m0/s1. The molecule has 0 radical (unpaired) electrons. The zero-order valence-electron chi connectivity index (χ0n) is 16.1. The molecule has 156 valence electrons. The molecule has 2 amide bonds. The number of aryl methyl sites for hydroxylation is 1. The Morgan fingerprint density at radius 2 is 1.86 bits per heavy atom. The molecule has 1 aromatic rings. The topological polar surface area (TPSA) is 118 Å². The molecule has 8 nitrogen and oxygen atoms in total. The maximum Gasteiger partial charge on any atom is 0.328 e. The smallest absolute Gasteiger partial charge is 0.328 e. The van der Waals surface area contributed by atoms with Crippen LogP contribution in [-0.4, -0.2) is 61.4 Å². The van der Waals surface area contributed by atoms with Crippen LogP contribution < -0.4 is 0 Å². The van der Waals surface area contributed by atoms with Crippen LogP contribution in [0.5, 0.6) is 0 Å². The van der Waals surface area contributed by atoms with Crippen LogP contribution in [0.4, 0.5) is 0 Å². The Labute approximate surface area is 169 Å². The molecular weight excluding hydrogens is 395 g/mol. The van der Waals surface area contributed by atoms with Crippen LogP contribution in [0.25, 0.3) is 0 Å². The minimum atomic E-state index is -3.77. The fourth-order valence-corrected chi connectivity index (χ4v) is 5.47. The summed E-state index contributed by atoms with van der Waals surface area (Å²) in [6.07, 6.45) is 3.84. The van der Waals surface area contributed by atoms with Crippen LogP contribution in [-0.2, 0) is 20.8 Å². The lowest BCUT2D eigenvalue weighted by atomic mass is 10.1. The van der Waals surface area contributed by atoms with Gasteiger partial charge in [-0.1, -0.05) is 30.3 Å². The van der Waals surface area contributed by atoms with E-state index in [0.717, 1.165) is 28.4 Å². The van der Waals surface area contributed by atoms with Crippen LogP contribution in [0.1, 0.15) is 37.7 Å². The highest BCUT2D eigenvalue weighted by Gasteiger charge is 2.51. The number of amides is 2. The summed E-state index contributed by atoms with van der Waals surface area (Å²) in [6, 6.07) is 8.64. The third-order valence-corrected chi connectivity index (χ3v) is 7.37. The second-order valence-corrected chi connectivity index (χ2v) is 9.74. The van der Waals surface area contributed by atoms with Gasteiger partial charge < -0.3 is 5.11 Å². The first-order valence-corrected chi connectivity index (χ1v) is 11.6. The number of hydrogen-bond acceptors (Lipinski definition) is 5. The van der Waals surface area contributed by atoms with Crippen LogP contribution in [0.15, 0.2) is 41.7 Å². The maximum atomic E-state index is 13.0. The van der Waals surface area contributed by atoms with Crippen molar-refractivity contribution in [1.29, 1.82) is 0 Å². The fourth-order valence-electron chi connectivity index (χ4n) is 3.78. The molecule has 1 atom stereocenters. The maximum absolute atomic E-state index is 13.0. The lowest BCUT2D eigenvalue weighted by molar-refractivity contribution is -0.178. The van der Waals surface area contributed by atoms with E-state index in [2.05, 4.69) is 0 Å². The van der Waals surface area contributed by atoms with Crippen LogP contribution in [0.2, 0.25) is 0 Å². The number of benzene rings is 1. The molecule has 2 aliphatic heterocycles. The van der Waals surface area contributed by atoms with Crippen molar-refractivity contribution in [2.75, 3.05) is 12.7 Å². The molecule has 0 bridgehead atoms. The molecule has 0 saturated carbocycles. The zero-order valence-corrected chi connectivity index (χ0v) is 17.0. The Hall–Kier alpha value is -2.28. The zero-order chi connectivity index (χ0) is 21.0. The van der Waals surface area contributed by atoms with Gasteiger partial charge in [0, 0.05) is 6.54 Å². The fraction of sp³-hybridized carbons (Fsp3) is 0.450. The molecule has 9 heteroatoms. The molecule has 1 saturated heterocycles. The summed E-state index contributed by atoms with van der Waals surface area (Å²) in [5.74, 6) is -2.41. The van der Waals surface area contributed by atoms with Crippen molar-refractivity contribution in [1.82, 2.24) is 10.0 Å². The van der Waals surface area contributed by atoms with Crippen molar-refractivity contribution in [3.8, 4) is 0 Å². The number of hydrazine groups is 1. The van der Waals surface area contributed by atoms with Gasteiger partial charge in [0.2, 0.25) is 11.2 Å². The Morgan fingerprint density at radius 3 is 2.55 bits per heavy atom. The molecule has 2 aliphatic rings. The van der Waals surface area contributed by atoms with Gasteiger partial charge in [-0.05, 0) is 43.7 Å². The molecule has 0 unspecified atom stereocenters. The van der Waals surface area contributed by atoms with Crippen LogP contribution in [0, 0.1) is 0 Å². The van der Waals surface area contributed by atoms with Gasteiger partial charge in [0.15, 0.2) is 6.04 Å². The summed E-state index contributed by atoms with van der Waals surface area (Å²) in [6.45, 7) is 0.245. The van der Waals surface area contributed by atoms with E-state index >= 15 is 0 Å². The SMILES string of the molecule is O=C(O)[C@@H]1CCCN2C(=O)CC=C([P+](O)(O)CCCCc3ccccc3)C(=O)N12. The van der Waals surface area contributed by atoms with Gasteiger partial charge in [-0.25, -0.2) is 19.6 Å². The minimum Gasteiger partial charge on any atom is -0.480 e. The molecule has 0 aromatic heterocycles. The third kappa shape index (κ3) is 4.83. The van der Waals surface area contributed by atoms with E-state index < -0.39 is 31.5 Å². The van der Waals surface area contributed by atoms with Crippen molar-refractivity contribution in [2.45, 2.75) is 44.6 Å². The third-order valence-electron chi connectivity index (χ3n) is 5.29. The highest BCUT2D eigenvalue weighted by molar-refractivity contribution is 7.70. The van der Waals surface area contributed by atoms with Gasteiger partial charge in [0.1, 0.15) is 6.16 Å². The number of unbranched alkanes of at least 4 members (excludes halogenated alkanes) is 1. The van der Waals surface area contributed by atoms with Crippen LogP contribution >= 0.6 is 7.72 Å². The number of aliphatic carboxylic acids is 1.